The number of anilines is 2. The van der Waals surface area contributed by atoms with Crippen molar-refractivity contribution in [2.24, 2.45) is 0 Å². The van der Waals surface area contributed by atoms with Crippen molar-refractivity contribution >= 4 is 22.4 Å². The van der Waals surface area contributed by atoms with Crippen LogP contribution in [0.15, 0.2) is 53.6 Å². The van der Waals surface area contributed by atoms with Crippen molar-refractivity contribution in [3.8, 4) is 5.69 Å². The van der Waals surface area contributed by atoms with Gasteiger partial charge in [-0.3, -0.25) is 9.78 Å². The molecule has 184 valence electrons. The molecule has 4 heterocycles. The number of nitrogens with one attached hydrogen (secondary N) is 2. The summed E-state index contributed by atoms with van der Waals surface area (Å²) in [7, 11) is 0. The van der Waals surface area contributed by atoms with Crippen LogP contribution in [-0.2, 0) is 17.4 Å². The lowest BCUT2D eigenvalue weighted by molar-refractivity contribution is 0.531. The SMILES string of the molecule is CC(C)(C)c1cc(-n2c3cc(Nc4ccc5c(c4)CNCC54CC4)ncc3c(=O)n2C2CC2)ccn1. The molecule has 7 nitrogen and oxygen atoms in total. The van der Waals surface area contributed by atoms with Gasteiger partial charge in [0.15, 0.2) is 0 Å². The van der Waals surface area contributed by atoms with Gasteiger partial charge in [-0.05, 0) is 61.1 Å². The minimum Gasteiger partial charge on any atom is -0.340 e. The highest BCUT2D eigenvalue weighted by atomic mass is 16.1. The first kappa shape index (κ1) is 21.8. The van der Waals surface area contributed by atoms with Crippen LogP contribution in [0.1, 0.15) is 69.3 Å². The van der Waals surface area contributed by atoms with Crippen molar-refractivity contribution in [1.29, 1.82) is 0 Å². The fourth-order valence-electron chi connectivity index (χ4n) is 5.67. The topological polar surface area (TPSA) is 76.8 Å². The average molecular weight is 481 g/mol. The van der Waals surface area contributed by atoms with E-state index >= 15 is 0 Å². The maximum Gasteiger partial charge on any atom is 0.276 e. The van der Waals surface area contributed by atoms with E-state index in [9.17, 15) is 4.79 Å². The van der Waals surface area contributed by atoms with Gasteiger partial charge >= 0.3 is 0 Å². The van der Waals surface area contributed by atoms with Crippen LogP contribution in [0.4, 0.5) is 11.5 Å². The van der Waals surface area contributed by atoms with Gasteiger partial charge in [-0.25, -0.2) is 14.3 Å². The summed E-state index contributed by atoms with van der Waals surface area (Å²) in [6, 6.07) is 13.0. The molecule has 1 aliphatic heterocycles. The molecule has 1 aromatic carbocycles. The van der Waals surface area contributed by atoms with Crippen molar-refractivity contribution in [3.05, 3.63) is 76.0 Å². The first-order valence-corrected chi connectivity index (χ1v) is 13.0. The summed E-state index contributed by atoms with van der Waals surface area (Å²) in [5, 5.41) is 7.74. The Morgan fingerprint density at radius 3 is 2.67 bits per heavy atom. The number of fused-ring (bicyclic) bond motifs is 3. The molecule has 2 aliphatic carbocycles. The van der Waals surface area contributed by atoms with E-state index in [0.29, 0.717) is 10.8 Å². The molecular formula is C29H32N6O. The molecule has 7 rings (SSSR count). The van der Waals surface area contributed by atoms with Gasteiger partial charge in [-0.15, -0.1) is 0 Å². The Balaban J connectivity index is 1.32. The molecule has 0 unspecified atom stereocenters. The number of aromatic nitrogens is 4. The molecule has 0 amide bonds. The second kappa shape index (κ2) is 7.53. The summed E-state index contributed by atoms with van der Waals surface area (Å²) in [6.45, 7) is 8.47. The molecule has 7 heteroatoms. The Kier molecular flexibility index (Phi) is 4.56. The number of pyridine rings is 2. The Labute approximate surface area is 210 Å². The van der Waals surface area contributed by atoms with Gasteiger partial charge in [-0.2, -0.15) is 0 Å². The lowest BCUT2D eigenvalue weighted by Gasteiger charge is -2.26. The van der Waals surface area contributed by atoms with Gasteiger partial charge in [0.1, 0.15) is 5.82 Å². The van der Waals surface area contributed by atoms with Gasteiger partial charge in [0, 0.05) is 53.8 Å². The van der Waals surface area contributed by atoms with Crippen molar-refractivity contribution in [2.45, 2.75) is 69.9 Å². The zero-order valence-corrected chi connectivity index (χ0v) is 21.1. The van der Waals surface area contributed by atoms with E-state index in [4.69, 9.17) is 0 Å². The minimum absolute atomic E-state index is 0.0234. The second-order valence-electron chi connectivity index (χ2n) is 11.8. The maximum atomic E-state index is 13.4. The van der Waals surface area contributed by atoms with E-state index in [1.807, 2.05) is 23.0 Å². The van der Waals surface area contributed by atoms with Crippen LogP contribution >= 0.6 is 0 Å². The molecule has 0 saturated heterocycles. The highest BCUT2D eigenvalue weighted by Crippen LogP contribution is 2.50. The number of rotatable bonds is 4. The largest absolute Gasteiger partial charge is 0.340 e. The Morgan fingerprint density at radius 2 is 1.92 bits per heavy atom. The number of benzene rings is 1. The highest BCUT2D eigenvalue weighted by Gasteiger charge is 2.46. The summed E-state index contributed by atoms with van der Waals surface area (Å²) in [4.78, 5) is 22.7. The monoisotopic (exact) mass is 480 g/mol. The molecule has 0 radical (unpaired) electrons. The van der Waals surface area contributed by atoms with E-state index in [2.05, 4.69) is 70.3 Å². The quantitative estimate of drug-likeness (QED) is 0.425. The van der Waals surface area contributed by atoms with Crippen LogP contribution in [0.3, 0.4) is 0 Å². The third-order valence-corrected chi connectivity index (χ3v) is 7.99. The molecule has 3 aromatic heterocycles. The van der Waals surface area contributed by atoms with E-state index in [0.717, 1.165) is 54.3 Å². The van der Waals surface area contributed by atoms with Crippen LogP contribution in [0.25, 0.3) is 16.6 Å². The number of hydrogen-bond donors (Lipinski definition) is 2. The first-order chi connectivity index (χ1) is 17.3. The van der Waals surface area contributed by atoms with Gasteiger partial charge in [0.2, 0.25) is 0 Å². The van der Waals surface area contributed by atoms with E-state index in [1.54, 1.807) is 6.20 Å². The molecule has 3 aliphatic rings. The Morgan fingerprint density at radius 1 is 1.08 bits per heavy atom. The van der Waals surface area contributed by atoms with Crippen LogP contribution in [0.5, 0.6) is 0 Å². The molecule has 0 bridgehead atoms. The molecule has 2 N–H and O–H groups in total. The fraction of sp³-hybridized carbons (Fsp3) is 0.414. The average Bonchev–Trinajstić information content (AvgIpc) is 3.79. The molecule has 0 atom stereocenters. The Bertz CT molecular complexity index is 1570. The van der Waals surface area contributed by atoms with Gasteiger partial charge in [0.25, 0.3) is 5.56 Å². The van der Waals surface area contributed by atoms with Crippen LogP contribution in [0, 0.1) is 0 Å². The summed E-state index contributed by atoms with van der Waals surface area (Å²) in [5.74, 6) is 0.735. The van der Waals surface area contributed by atoms with E-state index < -0.39 is 0 Å². The van der Waals surface area contributed by atoms with Crippen LogP contribution < -0.4 is 16.2 Å². The maximum absolute atomic E-state index is 13.4. The first-order valence-electron chi connectivity index (χ1n) is 13.0. The number of hydrogen-bond acceptors (Lipinski definition) is 5. The second-order valence-corrected chi connectivity index (χ2v) is 11.8. The molecule has 2 fully saturated rings. The number of nitrogens with zero attached hydrogens (tertiary/aromatic N) is 4. The van der Waals surface area contributed by atoms with Crippen molar-refractivity contribution < 1.29 is 0 Å². The van der Waals surface area contributed by atoms with E-state index in [-0.39, 0.29) is 17.0 Å². The van der Waals surface area contributed by atoms with Gasteiger partial charge < -0.3 is 10.6 Å². The summed E-state index contributed by atoms with van der Waals surface area (Å²) in [6.07, 6.45) is 8.17. The van der Waals surface area contributed by atoms with Crippen LogP contribution in [-0.4, -0.2) is 25.9 Å². The van der Waals surface area contributed by atoms with Crippen molar-refractivity contribution in [2.75, 3.05) is 11.9 Å². The fourth-order valence-corrected chi connectivity index (χ4v) is 5.67. The molecular weight excluding hydrogens is 448 g/mol. The zero-order valence-electron chi connectivity index (χ0n) is 21.1. The van der Waals surface area contributed by atoms with Gasteiger partial charge in [-0.1, -0.05) is 26.8 Å². The lowest BCUT2D eigenvalue weighted by atomic mass is 9.88. The standard InChI is InChI=1S/C29H32N6O/c1-28(2,3)25-13-21(8-11-31-25)34-24-14-26(32-16-22(24)27(36)35(34)20-5-6-20)33-19-4-7-23-18(12-19)15-30-17-29(23)9-10-29/h4,7-8,11-14,16,20,30H,5-6,9-10,15,17H2,1-3H3,(H,32,33). The lowest BCUT2D eigenvalue weighted by Crippen LogP contribution is -2.33. The summed E-state index contributed by atoms with van der Waals surface area (Å²) in [5.41, 5.74) is 7.02. The van der Waals surface area contributed by atoms with Gasteiger partial charge in [0.05, 0.1) is 22.6 Å². The van der Waals surface area contributed by atoms with Crippen molar-refractivity contribution in [3.63, 3.8) is 0 Å². The summed E-state index contributed by atoms with van der Waals surface area (Å²) >= 11 is 0. The third kappa shape index (κ3) is 3.48. The van der Waals surface area contributed by atoms with E-state index in [1.165, 1.54) is 24.0 Å². The molecule has 36 heavy (non-hydrogen) atoms. The van der Waals surface area contributed by atoms with Crippen molar-refractivity contribution in [1.82, 2.24) is 24.6 Å². The molecule has 1 spiro atoms. The minimum atomic E-state index is -0.0850. The molecule has 4 aromatic rings. The zero-order chi connectivity index (χ0) is 24.7. The normalized spacial score (nSPS) is 18.4. The van der Waals surface area contributed by atoms with Crippen LogP contribution in [0.2, 0.25) is 0 Å². The Hall–Kier alpha value is -3.45. The third-order valence-electron chi connectivity index (χ3n) is 7.99. The predicted octanol–water partition coefficient (Wildman–Crippen LogP) is 5.09. The molecule has 2 saturated carbocycles. The smallest absolute Gasteiger partial charge is 0.276 e. The predicted molar refractivity (Wildman–Crippen MR) is 142 cm³/mol. The summed E-state index contributed by atoms with van der Waals surface area (Å²) < 4.78 is 3.99. The highest BCUT2D eigenvalue weighted by molar-refractivity contribution is 5.83.